The molecule has 3 heteroatoms. The van der Waals surface area contributed by atoms with Crippen molar-refractivity contribution in [2.24, 2.45) is 0 Å². The third-order valence-corrected chi connectivity index (χ3v) is 2.57. The number of quaternary nitrogens is 1. The summed E-state index contributed by atoms with van der Waals surface area (Å²) in [5, 5.41) is -0.178. The number of likely N-dealkylation sites (N-methyl/N-ethyl adjacent to an activating group) is 1. The Hall–Kier alpha value is -0.0800. The average molecular weight is 163 g/mol. The van der Waals surface area contributed by atoms with Crippen molar-refractivity contribution in [1.29, 1.82) is 0 Å². The van der Waals surface area contributed by atoms with E-state index in [1.54, 1.807) is 0 Å². The summed E-state index contributed by atoms with van der Waals surface area (Å²) in [6.07, 6.45) is 2.07. The Kier molecular flexibility index (Phi) is 2.02. The fraction of sp³-hybridized carbons (Fsp3) is 0.857. The summed E-state index contributed by atoms with van der Waals surface area (Å²) in [6.45, 7) is 1.07. The van der Waals surface area contributed by atoms with Crippen molar-refractivity contribution in [1.82, 2.24) is 0 Å². The van der Waals surface area contributed by atoms with Crippen LogP contribution in [-0.4, -0.2) is 36.4 Å². The van der Waals surface area contributed by atoms with E-state index in [0.717, 1.165) is 23.9 Å². The van der Waals surface area contributed by atoms with Crippen molar-refractivity contribution in [3.8, 4) is 0 Å². The molecule has 1 fully saturated rings. The third kappa shape index (κ3) is 1.32. The van der Waals surface area contributed by atoms with Gasteiger partial charge in [0.25, 0.3) is 5.24 Å². The molecule has 0 aromatic heterocycles. The number of hydrogen-bond acceptors (Lipinski definition) is 1. The second-order valence-electron chi connectivity index (χ2n) is 3.46. The van der Waals surface area contributed by atoms with Crippen LogP contribution in [0.15, 0.2) is 0 Å². The highest BCUT2D eigenvalue weighted by atomic mass is 35.5. The van der Waals surface area contributed by atoms with E-state index in [2.05, 4.69) is 14.1 Å². The molecule has 2 nitrogen and oxygen atoms in total. The van der Waals surface area contributed by atoms with Gasteiger partial charge >= 0.3 is 0 Å². The van der Waals surface area contributed by atoms with Crippen LogP contribution in [0.3, 0.4) is 0 Å². The summed E-state index contributed by atoms with van der Waals surface area (Å²) >= 11 is 5.41. The Morgan fingerprint density at radius 3 is 2.40 bits per heavy atom. The van der Waals surface area contributed by atoms with Gasteiger partial charge in [-0.3, -0.25) is 4.79 Å². The molecule has 1 aliphatic heterocycles. The van der Waals surface area contributed by atoms with Crippen molar-refractivity contribution in [3.05, 3.63) is 0 Å². The van der Waals surface area contributed by atoms with Crippen molar-refractivity contribution >= 4 is 16.8 Å². The normalized spacial score (nSPS) is 30.5. The van der Waals surface area contributed by atoms with Crippen LogP contribution in [0.4, 0.5) is 0 Å². The molecule has 0 spiro atoms. The van der Waals surface area contributed by atoms with Gasteiger partial charge in [-0.25, -0.2) is 0 Å². The number of carbonyl (C=O) groups is 1. The van der Waals surface area contributed by atoms with Gasteiger partial charge in [-0.05, 0) is 11.6 Å². The van der Waals surface area contributed by atoms with Gasteiger partial charge in [0.1, 0.15) is 0 Å². The van der Waals surface area contributed by atoms with E-state index in [0.29, 0.717) is 0 Å². The summed E-state index contributed by atoms with van der Waals surface area (Å²) in [5.74, 6) is 0. The molecule has 0 aromatic carbocycles. The summed E-state index contributed by atoms with van der Waals surface area (Å²) in [6, 6.07) is 0.0432. The molecule has 0 N–H and O–H groups in total. The van der Waals surface area contributed by atoms with Crippen LogP contribution in [0.1, 0.15) is 12.8 Å². The molecule has 1 saturated heterocycles. The van der Waals surface area contributed by atoms with Crippen LogP contribution in [0.2, 0.25) is 0 Å². The predicted molar refractivity (Wildman–Crippen MR) is 40.9 cm³/mol. The summed E-state index contributed by atoms with van der Waals surface area (Å²) in [4.78, 5) is 10.8. The summed E-state index contributed by atoms with van der Waals surface area (Å²) < 4.78 is 0.766. The van der Waals surface area contributed by atoms with E-state index >= 15 is 0 Å². The van der Waals surface area contributed by atoms with Gasteiger partial charge in [0.15, 0.2) is 6.04 Å². The zero-order chi connectivity index (χ0) is 7.78. The minimum absolute atomic E-state index is 0.0432. The number of hydrogen-bond donors (Lipinski definition) is 0. The molecule has 58 valence electrons. The molecule has 1 aliphatic rings. The molecular formula is C7H13ClNO+. The van der Waals surface area contributed by atoms with Gasteiger partial charge in [0.05, 0.1) is 20.6 Å². The Morgan fingerprint density at radius 1 is 1.60 bits per heavy atom. The number of rotatable bonds is 1. The number of nitrogens with zero attached hydrogens (tertiary/aromatic N) is 1. The molecule has 1 rings (SSSR count). The van der Waals surface area contributed by atoms with E-state index in [1.165, 1.54) is 0 Å². The Bertz CT molecular complexity index is 156. The summed E-state index contributed by atoms with van der Waals surface area (Å²) in [7, 11) is 4.11. The molecule has 0 saturated carbocycles. The fourth-order valence-corrected chi connectivity index (χ4v) is 1.96. The van der Waals surface area contributed by atoms with Crippen molar-refractivity contribution in [2.45, 2.75) is 18.9 Å². The van der Waals surface area contributed by atoms with Crippen LogP contribution in [-0.2, 0) is 4.79 Å². The first-order valence-electron chi connectivity index (χ1n) is 3.56. The lowest BCUT2D eigenvalue weighted by atomic mass is 10.2. The molecule has 1 heterocycles. The quantitative estimate of drug-likeness (QED) is 0.415. The highest BCUT2D eigenvalue weighted by Gasteiger charge is 2.38. The van der Waals surface area contributed by atoms with Gasteiger partial charge < -0.3 is 4.48 Å². The first-order valence-corrected chi connectivity index (χ1v) is 3.94. The molecule has 0 bridgehead atoms. The van der Waals surface area contributed by atoms with Crippen LogP contribution in [0, 0.1) is 0 Å². The summed E-state index contributed by atoms with van der Waals surface area (Å²) in [5.41, 5.74) is 0. The molecule has 10 heavy (non-hydrogen) atoms. The van der Waals surface area contributed by atoms with E-state index in [4.69, 9.17) is 11.6 Å². The number of halogens is 1. The molecular weight excluding hydrogens is 150 g/mol. The van der Waals surface area contributed by atoms with E-state index in [-0.39, 0.29) is 11.3 Å². The maximum absolute atomic E-state index is 10.8. The van der Waals surface area contributed by atoms with E-state index < -0.39 is 0 Å². The number of carbonyl (C=O) groups excluding carboxylic acids is 1. The maximum atomic E-state index is 10.8. The van der Waals surface area contributed by atoms with Crippen LogP contribution in [0.5, 0.6) is 0 Å². The number of likely N-dealkylation sites (tertiary alicyclic amines) is 1. The first-order chi connectivity index (χ1) is 4.54. The van der Waals surface area contributed by atoms with Crippen molar-refractivity contribution in [2.75, 3.05) is 20.6 Å². The lowest BCUT2D eigenvalue weighted by Crippen LogP contribution is -2.46. The lowest BCUT2D eigenvalue weighted by Gasteiger charge is -2.28. The van der Waals surface area contributed by atoms with Crippen LogP contribution in [0.25, 0.3) is 0 Å². The smallest absolute Gasteiger partial charge is 0.279 e. The molecule has 0 aliphatic carbocycles. The van der Waals surface area contributed by atoms with Crippen LogP contribution >= 0.6 is 11.6 Å². The van der Waals surface area contributed by atoms with E-state index in [1.807, 2.05) is 0 Å². The minimum atomic E-state index is -0.178. The molecule has 0 radical (unpaired) electrons. The van der Waals surface area contributed by atoms with Gasteiger partial charge in [0, 0.05) is 12.8 Å². The Balaban J connectivity index is 2.68. The van der Waals surface area contributed by atoms with Gasteiger partial charge in [-0.15, -0.1) is 0 Å². The zero-order valence-corrected chi connectivity index (χ0v) is 7.19. The topological polar surface area (TPSA) is 17.1 Å². The molecule has 0 aromatic rings. The van der Waals surface area contributed by atoms with Gasteiger partial charge in [-0.1, -0.05) is 0 Å². The largest absolute Gasteiger partial charge is 0.319 e. The highest BCUT2D eigenvalue weighted by Crippen LogP contribution is 2.23. The standard InChI is InChI=1S/C7H13ClNO/c1-9(2)5-3-4-6(9)7(8)10/h6H,3-5H2,1-2H3/q+1/t6-/m0/s1. The second-order valence-corrected chi connectivity index (χ2v) is 3.84. The maximum Gasteiger partial charge on any atom is 0.279 e. The van der Waals surface area contributed by atoms with Gasteiger partial charge in [0.2, 0.25) is 0 Å². The predicted octanol–water partition coefficient (Wildman–Crippen LogP) is 0.991. The third-order valence-electron chi connectivity index (χ3n) is 2.32. The van der Waals surface area contributed by atoms with Crippen LogP contribution < -0.4 is 0 Å². The lowest BCUT2D eigenvalue weighted by molar-refractivity contribution is -0.892. The SMILES string of the molecule is C[N+]1(C)CCC[C@H]1C(=O)Cl. The zero-order valence-electron chi connectivity index (χ0n) is 6.43. The minimum Gasteiger partial charge on any atom is -0.319 e. The first kappa shape index (κ1) is 8.02. The van der Waals surface area contributed by atoms with E-state index in [9.17, 15) is 4.79 Å². The van der Waals surface area contributed by atoms with Gasteiger partial charge in [-0.2, -0.15) is 0 Å². The average Bonchev–Trinajstić information content (AvgIpc) is 2.08. The molecule has 1 atom stereocenters. The fourth-order valence-electron chi connectivity index (χ4n) is 1.59. The highest BCUT2D eigenvalue weighted by molar-refractivity contribution is 6.64. The van der Waals surface area contributed by atoms with Crippen molar-refractivity contribution in [3.63, 3.8) is 0 Å². The molecule has 0 amide bonds. The van der Waals surface area contributed by atoms with Crippen molar-refractivity contribution < 1.29 is 9.28 Å². The Labute approximate surface area is 66.4 Å². The molecule has 0 unspecified atom stereocenters. The Morgan fingerprint density at radius 2 is 2.20 bits per heavy atom. The second kappa shape index (κ2) is 2.51. The monoisotopic (exact) mass is 162 g/mol.